The fourth-order valence-electron chi connectivity index (χ4n) is 1.26. The van der Waals surface area contributed by atoms with Gasteiger partial charge in [0, 0.05) is 5.02 Å². The summed E-state index contributed by atoms with van der Waals surface area (Å²) in [6.45, 7) is 0. The van der Waals surface area contributed by atoms with E-state index in [9.17, 15) is 9.59 Å². The molecule has 0 aliphatic carbocycles. The van der Waals surface area contributed by atoms with Crippen LogP contribution in [-0.4, -0.2) is 26.2 Å². The summed E-state index contributed by atoms with van der Waals surface area (Å²) < 4.78 is 9.13. The monoisotopic (exact) mass is 242 g/mol. The van der Waals surface area contributed by atoms with Crippen molar-refractivity contribution in [3.05, 3.63) is 34.3 Å². The van der Waals surface area contributed by atoms with Crippen LogP contribution in [0.2, 0.25) is 5.02 Å². The van der Waals surface area contributed by atoms with E-state index in [4.69, 9.17) is 11.6 Å². The lowest BCUT2D eigenvalue weighted by Crippen LogP contribution is -2.11. The van der Waals surface area contributed by atoms with Crippen LogP contribution in [0.1, 0.15) is 15.9 Å². The molecule has 0 unspecified atom stereocenters. The largest absolute Gasteiger partial charge is 0.469 e. The van der Waals surface area contributed by atoms with Crippen LogP contribution in [0.3, 0.4) is 0 Å². The number of benzene rings is 1. The van der Waals surface area contributed by atoms with Gasteiger partial charge in [-0.25, -0.2) is 4.79 Å². The predicted molar refractivity (Wildman–Crippen MR) is 58.5 cm³/mol. The topological polar surface area (TPSA) is 52.6 Å². The first-order chi connectivity index (χ1) is 7.60. The van der Waals surface area contributed by atoms with Gasteiger partial charge in [0.1, 0.15) is 0 Å². The lowest BCUT2D eigenvalue weighted by molar-refractivity contribution is -0.139. The molecule has 86 valence electrons. The number of ether oxygens (including phenoxy) is 2. The van der Waals surface area contributed by atoms with E-state index in [1.807, 2.05) is 0 Å². The van der Waals surface area contributed by atoms with Crippen molar-refractivity contribution in [3.8, 4) is 0 Å². The Morgan fingerprint density at radius 2 is 1.94 bits per heavy atom. The molecule has 4 nitrogen and oxygen atoms in total. The van der Waals surface area contributed by atoms with Crippen molar-refractivity contribution in [2.75, 3.05) is 14.2 Å². The van der Waals surface area contributed by atoms with Crippen LogP contribution in [-0.2, 0) is 20.7 Å². The van der Waals surface area contributed by atoms with Gasteiger partial charge in [0.2, 0.25) is 0 Å². The molecule has 0 saturated carbocycles. The van der Waals surface area contributed by atoms with Gasteiger partial charge < -0.3 is 9.47 Å². The van der Waals surface area contributed by atoms with Gasteiger partial charge in [0.25, 0.3) is 0 Å². The van der Waals surface area contributed by atoms with Gasteiger partial charge in [0.05, 0.1) is 26.2 Å². The Morgan fingerprint density at radius 3 is 2.50 bits per heavy atom. The Kier molecular flexibility index (Phi) is 4.31. The van der Waals surface area contributed by atoms with Crippen molar-refractivity contribution in [2.45, 2.75) is 6.42 Å². The van der Waals surface area contributed by atoms with E-state index in [0.29, 0.717) is 10.6 Å². The van der Waals surface area contributed by atoms with Gasteiger partial charge in [0.15, 0.2) is 0 Å². The molecular weight excluding hydrogens is 232 g/mol. The number of methoxy groups -OCH3 is 2. The molecule has 0 aromatic heterocycles. The van der Waals surface area contributed by atoms with E-state index in [0.717, 1.165) is 0 Å². The number of rotatable bonds is 3. The van der Waals surface area contributed by atoms with Crippen molar-refractivity contribution in [3.63, 3.8) is 0 Å². The van der Waals surface area contributed by atoms with Gasteiger partial charge in [-0.15, -0.1) is 0 Å². The number of halogens is 1. The minimum absolute atomic E-state index is 0.0550. The highest BCUT2D eigenvalue weighted by molar-refractivity contribution is 6.32. The molecule has 1 aromatic carbocycles. The van der Waals surface area contributed by atoms with E-state index in [1.54, 1.807) is 18.2 Å². The smallest absolute Gasteiger partial charge is 0.338 e. The summed E-state index contributed by atoms with van der Waals surface area (Å²) in [6, 6.07) is 4.78. The fourth-order valence-corrected chi connectivity index (χ4v) is 1.50. The Morgan fingerprint density at radius 1 is 1.25 bits per heavy atom. The number of hydrogen-bond acceptors (Lipinski definition) is 4. The van der Waals surface area contributed by atoms with Gasteiger partial charge >= 0.3 is 11.9 Å². The molecule has 0 heterocycles. The van der Waals surface area contributed by atoms with Crippen LogP contribution in [0.25, 0.3) is 0 Å². The molecule has 16 heavy (non-hydrogen) atoms. The summed E-state index contributed by atoms with van der Waals surface area (Å²) >= 11 is 5.92. The highest BCUT2D eigenvalue weighted by atomic mass is 35.5. The molecule has 0 saturated heterocycles. The molecule has 0 N–H and O–H groups in total. The lowest BCUT2D eigenvalue weighted by Gasteiger charge is -2.08. The second kappa shape index (κ2) is 5.51. The Hall–Kier alpha value is -1.55. The first-order valence-corrected chi connectivity index (χ1v) is 4.90. The second-order valence-corrected chi connectivity index (χ2v) is 3.42. The Labute approximate surface area is 98.1 Å². The maximum absolute atomic E-state index is 11.4. The fraction of sp³-hybridized carbons (Fsp3) is 0.273. The zero-order valence-electron chi connectivity index (χ0n) is 8.95. The number of carbonyl (C=O) groups is 2. The predicted octanol–water partition coefficient (Wildman–Crippen LogP) is 1.84. The standard InChI is InChI=1S/C11H11ClO4/c1-15-10(13)6-8-7(11(14)16-2)4-3-5-9(8)12/h3-5H,6H2,1-2H3. The number of hydrogen-bond donors (Lipinski definition) is 0. The zero-order chi connectivity index (χ0) is 12.1. The molecule has 0 radical (unpaired) electrons. The molecule has 5 heteroatoms. The van der Waals surface area contributed by atoms with Gasteiger partial charge in [-0.3, -0.25) is 4.79 Å². The number of carbonyl (C=O) groups excluding carboxylic acids is 2. The van der Waals surface area contributed by atoms with E-state index < -0.39 is 11.9 Å². The molecule has 0 spiro atoms. The van der Waals surface area contributed by atoms with Crippen LogP contribution in [0.15, 0.2) is 18.2 Å². The molecule has 0 aliphatic rings. The average molecular weight is 243 g/mol. The van der Waals surface area contributed by atoms with Gasteiger partial charge in [-0.1, -0.05) is 17.7 Å². The molecular formula is C11H11ClO4. The van der Waals surface area contributed by atoms with Crippen LogP contribution >= 0.6 is 11.6 Å². The van der Waals surface area contributed by atoms with Crippen molar-refractivity contribution >= 4 is 23.5 Å². The van der Waals surface area contributed by atoms with E-state index in [1.165, 1.54) is 14.2 Å². The van der Waals surface area contributed by atoms with Gasteiger partial charge in [-0.2, -0.15) is 0 Å². The van der Waals surface area contributed by atoms with Crippen molar-refractivity contribution in [1.82, 2.24) is 0 Å². The maximum Gasteiger partial charge on any atom is 0.338 e. The molecule has 0 bridgehead atoms. The highest BCUT2D eigenvalue weighted by Crippen LogP contribution is 2.21. The maximum atomic E-state index is 11.4. The second-order valence-electron chi connectivity index (χ2n) is 3.01. The van der Waals surface area contributed by atoms with Crippen LogP contribution in [0, 0.1) is 0 Å². The van der Waals surface area contributed by atoms with Crippen LogP contribution in [0.4, 0.5) is 0 Å². The highest BCUT2D eigenvalue weighted by Gasteiger charge is 2.17. The third kappa shape index (κ3) is 2.73. The van der Waals surface area contributed by atoms with Crippen molar-refractivity contribution in [2.24, 2.45) is 0 Å². The molecule has 1 rings (SSSR count). The van der Waals surface area contributed by atoms with Gasteiger partial charge in [-0.05, 0) is 17.7 Å². The average Bonchev–Trinajstić information content (AvgIpc) is 2.30. The third-order valence-corrected chi connectivity index (χ3v) is 2.43. The lowest BCUT2D eigenvalue weighted by atomic mass is 10.0. The Balaban J connectivity index is 3.13. The van der Waals surface area contributed by atoms with Crippen molar-refractivity contribution in [1.29, 1.82) is 0 Å². The van der Waals surface area contributed by atoms with Crippen LogP contribution in [0.5, 0.6) is 0 Å². The summed E-state index contributed by atoms with van der Waals surface area (Å²) in [5.41, 5.74) is 0.697. The summed E-state index contributed by atoms with van der Waals surface area (Å²) in [6.07, 6.45) is -0.0550. The van der Waals surface area contributed by atoms with E-state index >= 15 is 0 Å². The summed E-state index contributed by atoms with van der Waals surface area (Å²) in [7, 11) is 2.54. The summed E-state index contributed by atoms with van der Waals surface area (Å²) in [5.74, 6) is -0.986. The van der Waals surface area contributed by atoms with Crippen LogP contribution < -0.4 is 0 Å². The first kappa shape index (κ1) is 12.5. The zero-order valence-corrected chi connectivity index (χ0v) is 9.71. The molecule has 0 aliphatic heterocycles. The normalized spacial score (nSPS) is 9.69. The van der Waals surface area contributed by atoms with E-state index in [-0.39, 0.29) is 12.0 Å². The van der Waals surface area contributed by atoms with Crippen molar-refractivity contribution < 1.29 is 19.1 Å². The summed E-state index contributed by atoms with van der Waals surface area (Å²) in [5, 5.41) is 0.341. The Bertz CT molecular complexity index is 414. The third-order valence-electron chi connectivity index (χ3n) is 2.07. The quantitative estimate of drug-likeness (QED) is 0.759. The molecule has 1 aromatic rings. The molecule has 0 amide bonds. The minimum Gasteiger partial charge on any atom is -0.469 e. The minimum atomic E-state index is -0.526. The van der Waals surface area contributed by atoms with E-state index in [2.05, 4.69) is 9.47 Å². The molecule has 0 fully saturated rings. The summed E-state index contributed by atoms with van der Waals surface area (Å²) in [4.78, 5) is 22.6. The number of esters is 2. The SMILES string of the molecule is COC(=O)Cc1c(Cl)cccc1C(=O)OC. The first-order valence-electron chi connectivity index (χ1n) is 4.52. The molecule has 0 atom stereocenters.